The van der Waals surface area contributed by atoms with E-state index in [0.717, 1.165) is 19.5 Å². The minimum absolute atomic E-state index is 0.421. The molecule has 1 aliphatic heterocycles. The Hall–Kier alpha value is -1.80. The lowest BCUT2D eigenvalue weighted by Gasteiger charge is -2.21. The number of nitrogens with one attached hydrogen (secondary N) is 1. The van der Waals surface area contributed by atoms with Crippen molar-refractivity contribution >= 4 is 11.4 Å². The standard InChI is InChI=1S/C19H24N2/c1-3-13-20-15(2)16-8-10-18(11-9-16)21-14-12-17-6-4-5-7-19(17)21/h4-11,15,20H,3,12-14H2,1-2H3. The van der Waals surface area contributed by atoms with Crippen molar-refractivity contribution in [3.8, 4) is 0 Å². The third kappa shape index (κ3) is 2.96. The zero-order chi connectivity index (χ0) is 14.7. The van der Waals surface area contributed by atoms with Crippen LogP contribution in [0.3, 0.4) is 0 Å². The van der Waals surface area contributed by atoms with Gasteiger partial charge in [0, 0.05) is 24.0 Å². The Labute approximate surface area is 127 Å². The number of hydrogen-bond acceptors (Lipinski definition) is 2. The summed E-state index contributed by atoms with van der Waals surface area (Å²) in [4.78, 5) is 2.42. The third-order valence-electron chi connectivity index (χ3n) is 4.29. The fourth-order valence-corrected chi connectivity index (χ4v) is 3.03. The third-order valence-corrected chi connectivity index (χ3v) is 4.29. The van der Waals surface area contributed by atoms with E-state index in [1.807, 2.05) is 0 Å². The first-order valence-electron chi connectivity index (χ1n) is 7.98. The van der Waals surface area contributed by atoms with E-state index < -0.39 is 0 Å². The molecule has 0 spiro atoms. The maximum atomic E-state index is 3.54. The second kappa shape index (κ2) is 6.31. The van der Waals surface area contributed by atoms with E-state index in [9.17, 15) is 0 Å². The average molecular weight is 280 g/mol. The van der Waals surface area contributed by atoms with Crippen molar-refractivity contribution in [3.63, 3.8) is 0 Å². The van der Waals surface area contributed by atoms with Crippen LogP contribution in [0.4, 0.5) is 11.4 Å². The summed E-state index contributed by atoms with van der Waals surface area (Å²) in [7, 11) is 0. The number of hydrogen-bond donors (Lipinski definition) is 1. The number of benzene rings is 2. The number of anilines is 2. The summed E-state index contributed by atoms with van der Waals surface area (Å²) >= 11 is 0. The molecule has 0 bridgehead atoms. The van der Waals surface area contributed by atoms with Gasteiger partial charge in [-0.2, -0.15) is 0 Å². The Morgan fingerprint density at radius 2 is 1.86 bits per heavy atom. The lowest BCUT2D eigenvalue weighted by molar-refractivity contribution is 0.571. The monoisotopic (exact) mass is 280 g/mol. The van der Waals surface area contributed by atoms with Gasteiger partial charge in [-0.25, -0.2) is 0 Å². The average Bonchev–Trinajstić information content (AvgIpc) is 2.97. The molecule has 1 unspecified atom stereocenters. The van der Waals surface area contributed by atoms with E-state index in [-0.39, 0.29) is 0 Å². The van der Waals surface area contributed by atoms with Crippen LogP contribution in [0.1, 0.15) is 37.4 Å². The molecule has 21 heavy (non-hydrogen) atoms. The molecule has 0 aliphatic carbocycles. The lowest BCUT2D eigenvalue weighted by Crippen LogP contribution is -2.19. The van der Waals surface area contributed by atoms with Gasteiger partial charge in [0.05, 0.1) is 0 Å². The number of fused-ring (bicyclic) bond motifs is 1. The lowest BCUT2D eigenvalue weighted by atomic mass is 10.1. The summed E-state index contributed by atoms with van der Waals surface area (Å²) in [5.41, 5.74) is 5.48. The first-order chi connectivity index (χ1) is 10.3. The minimum atomic E-state index is 0.421. The van der Waals surface area contributed by atoms with Crippen molar-refractivity contribution in [3.05, 3.63) is 59.7 Å². The maximum absolute atomic E-state index is 3.54. The van der Waals surface area contributed by atoms with Crippen molar-refractivity contribution in [1.82, 2.24) is 5.32 Å². The van der Waals surface area contributed by atoms with Crippen LogP contribution >= 0.6 is 0 Å². The molecule has 110 valence electrons. The highest BCUT2D eigenvalue weighted by molar-refractivity contribution is 5.69. The van der Waals surface area contributed by atoms with Gasteiger partial charge in [-0.05, 0) is 55.6 Å². The largest absolute Gasteiger partial charge is 0.341 e. The fourth-order valence-electron chi connectivity index (χ4n) is 3.03. The molecule has 0 amide bonds. The van der Waals surface area contributed by atoms with Crippen LogP contribution in [-0.2, 0) is 6.42 Å². The highest BCUT2D eigenvalue weighted by Gasteiger charge is 2.19. The molecule has 1 aliphatic rings. The zero-order valence-electron chi connectivity index (χ0n) is 13.0. The Morgan fingerprint density at radius 1 is 1.10 bits per heavy atom. The van der Waals surface area contributed by atoms with E-state index in [1.54, 1.807) is 0 Å². The quantitative estimate of drug-likeness (QED) is 0.871. The highest BCUT2D eigenvalue weighted by atomic mass is 15.2. The molecule has 2 heteroatoms. The minimum Gasteiger partial charge on any atom is -0.341 e. The van der Waals surface area contributed by atoms with Gasteiger partial charge >= 0.3 is 0 Å². The summed E-state index contributed by atoms with van der Waals surface area (Å²) < 4.78 is 0. The smallest absolute Gasteiger partial charge is 0.0444 e. The Bertz CT molecular complexity index is 589. The van der Waals surface area contributed by atoms with E-state index in [0.29, 0.717) is 6.04 Å². The van der Waals surface area contributed by atoms with Crippen LogP contribution in [0.5, 0.6) is 0 Å². The van der Waals surface area contributed by atoms with E-state index in [4.69, 9.17) is 0 Å². The first-order valence-corrected chi connectivity index (χ1v) is 7.98. The molecule has 0 aromatic heterocycles. The first kappa shape index (κ1) is 14.2. The van der Waals surface area contributed by atoms with Crippen LogP contribution in [0.2, 0.25) is 0 Å². The van der Waals surface area contributed by atoms with Crippen LogP contribution < -0.4 is 10.2 Å². The summed E-state index contributed by atoms with van der Waals surface area (Å²) in [6.45, 7) is 6.59. The maximum Gasteiger partial charge on any atom is 0.0444 e. The molecule has 2 aromatic carbocycles. The van der Waals surface area contributed by atoms with Gasteiger partial charge in [0.15, 0.2) is 0 Å². The molecular weight excluding hydrogens is 256 g/mol. The van der Waals surface area contributed by atoms with E-state index >= 15 is 0 Å². The summed E-state index contributed by atoms with van der Waals surface area (Å²) in [6, 6.07) is 18.2. The predicted octanol–water partition coefficient (Wildman–Crippen LogP) is 4.44. The van der Waals surface area contributed by atoms with Crippen molar-refractivity contribution in [2.45, 2.75) is 32.7 Å². The van der Waals surface area contributed by atoms with Gasteiger partial charge in [-0.15, -0.1) is 0 Å². The van der Waals surface area contributed by atoms with Crippen LogP contribution in [0, 0.1) is 0 Å². The molecule has 1 N–H and O–H groups in total. The van der Waals surface area contributed by atoms with Crippen LogP contribution in [0.25, 0.3) is 0 Å². The normalized spacial score (nSPS) is 15.0. The number of rotatable bonds is 5. The second-order valence-electron chi connectivity index (χ2n) is 5.80. The molecule has 0 saturated carbocycles. The van der Waals surface area contributed by atoms with Gasteiger partial charge in [0.1, 0.15) is 0 Å². The summed E-state index contributed by atoms with van der Waals surface area (Å²) in [6.07, 6.45) is 2.32. The van der Waals surface area contributed by atoms with Gasteiger partial charge in [0.25, 0.3) is 0 Å². The molecule has 0 saturated heterocycles. The molecule has 3 rings (SSSR count). The molecular formula is C19H24N2. The number of para-hydroxylation sites is 1. The van der Waals surface area contributed by atoms with Crippen LogP contribution in [-0.4, -0.2) is 13.1 Å². The van der Waals surface area contributed by atoms with Gasteiger partial charge < -0.3 is 10.2 Å². The Kier molecular flexibility index (Phi) is 4.26. The second-order valence-corrected chi connectivity index (χ2v) is 5.80. The highest BCUT2D eigenvalue weighted by Crippen LogP contribution is 2.34. The van der Waals surface area contributed by atoms with E-state index in [1.165, 1.54) is 28.9 Å². The van der Waals surface area contributed by atoms with Gasteiger partial charge in [0.2, 0.25) is 0 Å². The number of nitrogens with zero attached hydrogens (tertiary/aromatic N) is 1. The molecule has 0 radical (unpaired) electrons. The van der Waals surface area contributed by atoms with Crippen molar-refractivity contribution in [2.75, 3.05) is 18.0 Å². The SMILES string of the molecule is CCCNC(C)c1ccc(N2CCc3ccccc32)cc1. The van der Waals surface area contributed by atoms with Crippen molar-refractivity contribution < 1.29 is 0 Å². The van der Waals surface area contributed by atoms with Crippen molar-refractivity contribution in [2.24, 2.45) is 0 Å². The Morgan fingerprint density at radius 3 is 2.62 bits per heavy atom. The predicted molar refractivity (Wildman–Crippen MR) is 90.3 cm³/mol. The molecule has 2 nitrogen and oxygen atoms in total. The van der Waals surface area contributed by atoms with Crippen LogP contribution in [0.15, 0.2) is 48.5 Å². The topological polar surface area (TPSA) is 15.3 Å². The van der Waals surface area contributed by atoms with Gasteiger partial charge in [-0.1, -0.05) is 37.3 Å². The summed E-state index contributed by atoms with van der Waals surface area (Å²) in [5, 5.41) is 3.54. The fraction of sp³-hybridized carbons (Fsp3) is 0.368. The molecule has 1 heterocycles. The van der Waals surface area contributed by atoms with Gasteiger partial charge in [-0.3, -0.25) is 0 Å². The summed E-state index contributed by atoms with van der Waals surface area (Å²) in [5.74, 6) is 0. The molecule has 1 atom stereocenters. The Balaban J connectivity index is 1.76. The molecule has 0 fully saturated rings. The van der Waals surface area contributed by atoms with E-state index in [2.05, 4.69) is 72.6 Å². The molecule has 2 aromatic rings. The zero-order valence-corrected chi connectivity index (χ0v) is 13.0. The van der Waals surface area contributed by atoms with Crippen molar-refractivity contribution in [1.29, 1.82) is 0 Å².